The van der Waals surface area contributed by atoms with E-state index in [2.05, 4.69) is 15.6 Å². The number of benzene rings is 3. The zero-order chi connectivity index (χ0) is 21.6. The lowest BCUT2D eigenvalue weighted by Crippen LogP contribution is -2.06. The molecule has 158 valence electrons. The summed E-state index contributed by atoms with van der Waals surface area (Å²) < 4.78 is 15.9. The van der Waals surface area contributed by atoms with Crippen LogP contribution in [-0.4, -0.2) is 31.3 Å². The topological polar surface area (TPSA) is 77.5 Å². The molecule has 0 spiro atoms. The molecule has 7 heteroatoms. The van der Waals surface area contributed by atoms with Crippen LogP contribution in [-0.2, 0) is 6.54 Å². The molecule has 3 aromatic carbocycles. The van der Waals surface area contributed by atoms with Crippen LogP contribution < -0.4 is 24.8 Å². The lowest BCUT2D eigenvalue weighted by Gasteiger charge is -2.13. The molecule has 31 heavy (non-hydrogen) atoms. The quantitative estimate of drug-likeness (QED) is 0.418. The maximum Gasteiger partial charge on any atom is 0.229 e. The number of fused-ring (bicyclic) bond motifs is 1. The standard InChI is InChI=1S/C24H24N4O3/c1-29-18-10-8-16(9-11-18)15-25-23-21-6-4-5-7-22(21)27-24(28-23)26-17-12-19(30-2)14-20(13-17)31-3/h4-14H,15H2,1-3H3,(H2,25,26,27,28). The fraction of sp³-hybridized carbons (Fsp3) is 0.167. The SMILES string of the molecule is COc1ccc(CNc2nc(Nc3cc(OC)cc(OC)c3)nc3ccccc23)cc1. The van der Waals surface area contributed by atoms with Gasteiger partial charge in [-0.05, 0) is 29.8 Å². The van der Waals surface area contributed by atoms with Gasteiger partial charge >= 0.3 is 0 Å². The van der Waals surface area contributed by atoms with E-state index >= 15 is 0 Å². The van der Waals surface area contributed by atoms with Crippen molar-refractivity contribution < 1.29 is 14.2 Å². The molecule has 0 aliphatic heterocycles. The lowest BCUT2D eigenvalue weighted by molar-refractivity contribution is 0.395. The number of para-hydroxylation sites is 1. The second kappa shape index (κ2) is 9.21. The Morgan fingerprint density at radius 2 is 1.42 bits per heavy atom. The van der Waals surface area contributed by atoms with Gasteiger partial charge in [0.2, 0.25) is 5.95 Å². The molecule has 0 saturated heterocycles. The summed E-state index contributed by atoms with van der Waals surface area (Å²) in [4.78, 5) is 9.38. The molecule has 0 aliphatic carbocycles. The van der Waals surface area contributed by atoms with Crippen LogP contribution in [0.5, 0.6) is 17.2 Å². The Morgan fingerprint density at radius 3 is 2.10 bits per heavy atom. The molecule has 0 saturated carbocycles. The summed E-state index contributed by atoms with van der Waals surface area (Å²) in [5, 5.41) is 7.64. The molecule has 0 radical (unpaired) electrons. The molecule has 0 fully saturated rings. The molecule has 0 bridgehead atoms. The Morgan fingerprint density at radius 1 is 0.742 bits per heavy atom. The van der Waals surface area contributed by atoms with Crippen LogP contribution in [0.4, 0.5) is 17.5 Å². The van der Waals surface area contributed by atoms with Gasteiger partial charge < -0.3 is 24.8 Å². The normalized spacial score (nSPS) is 10.5. The van der Waals surface area contributed by atoms with Gasteiger partial charge in [-0.15, -0.1) is 0 Å². The van der Waals surface area contributed by atoms with Gasteiger partial charge in [0.15, 0.2) is 0 Å². The van der Waals surface area contributed by atoms with Crippen molar-refractivity contribution in [3.8, 4) is 17.2 Å². The molecular weight excluding hydrogens is 392 g/mol. The average molecular weight is 416 g/mol. The summed E-state index contributed by atoms with van der Waals surface area (Å²) >= 11 is 0. The van der Waals surface area contributed by atoms with E-state index in [1.54, 1.807) is 21.3 Å². The van der Waals surface area contributed by atoms with E-state index in [4.69, 9.17) is 19.2 Å². The minimum atomic E-state index is 0.478. The van der Waals surface area contributed by atoms with Crippen LogP contribution in [0, 0.1) is 0 Å². The van der Waals surface area contributed by atoms with Gasteiger partial charge in [0.25, 0.3) is 0 Å². The van der Waals surface area contributed by atoms with E-state index in [0.29, 0.717) is 24.0 Å². The Kier molecular flexibility index (Phi) is 6.03. The monoisotopic (exact) mass is 416 g/mol. The molecule has 1 aromatic heterocycles. The maximum atomic E-state index is 5.35. The number of ether oxygens (including phenoxy) is 3. The minimum absolute atomic E-state index is 0.478. The second-order valence-corrected chi connectivity index (χ2v) is 6.84. The van der Waals surface area contributed by atoms with Crippen molar-refractivity contribution in [1.29, 1.82) is 0 Å². The van der Waals surface area contributed by atoms with Crippen LogP contribution in [0.15, 0.2) is 66.7 Å². The summed E-state index contributed by atoms with van der Waals surface area (Å²) in [6, 6.07) is 21.4. The first-order valence-corrected chi connectivity index (χ1v) is 9.82. The highest BCUT2D eigenvalue weighted by Gasteiger charge is 2.09. The van der Waals surface area contributed by atoms with Gasteiger partial charge in [-0.3, -0.25) is 0 Å². The number of aromatic nitrogens is 2. The summed E-state index contributed by atoms with van der Waals surface area (Å²) in [6.07, 6.45) is 0. The van der Waals surface area contributed by atoms with Crippen LogP contribution >= 0.6 is 0 Å². The zero-order valence-electron chi connectivity index (χ0n) is 17.7. The van der Waals surface area contributed by atoms with Crippen molar-refractivity contribution in [3.05, 3.63) is 72.3 Å². The third-order valence-electron chi connectivity index (χ3n) is 4.83. The van der Waals surface area contributed by atoms with Crippen molar-refractivity contribution in [1.82, 2.24) is 9.97 Å². The van der Waals surface area contributed by atoms with Crippen molar-refractivity contribution >= 4 is 28.4 Å². The van der Waals surface area contributed by atoms with Crippen molar-refractivity contribution in [2.75, 3.05) is 32.0 Å². The fourth-order valence-electron chi connectivity index (χ4n) is 3.21. The Labute approximate surface area is 181 Å². The van der Waals surface area contributed by atoms with Gasteiger partial charge in [-0.25, -0.2) is 4.98 Å². The summed E-state index contributed by atoms with van der Waals surface area (Å²) in [5.74, 6) is 3.42. The van der Waals surface area contributed by atoms with E-state index < -0.39 is 0 Å². The molecular formula is C24H24N4O3. The first kappa shape index (κ1) is 20.3. The summed E-state index contributed by atoms with van der Waals surface area (Å²) in [5.41, 5.74) is 2.73. The molecule has 0 amide bonds. The molecule has 0 aliphatic rings. The number of hydrogen-bond donors (Lipinski definition) is 2. The highest BCUT2D eigenvalue weighted by atomic mass is 16.5. The predicted molar refractivity (Wildman–Crippen MR) is 123 cm³/mol. The van der Waals surface area contributed by atoms with Crippen molar-refractivity contribution in [3.63, 3.8) is 0 Å². The Balaban J connectivity index is 1.63. The lowest BCUT2D eigenvalue weighted by atomic mass is 10.2. The van der Waals surface area contributed by atoms with Gasteiger partial charge in [0, 0.05) is 35.8 Å². The number of nitrogens with one attached hydrogen (secondary N) is 2. The highest BCUT2D eigenvalue weighted by molar-refractivity contribution is 5.90. The molecule has 7 nitrogen and oxygen atoms in total. The van der Waals surface area contributed by atoms with E-state index in [1.807, 2.05) is 66.7 Å². The van der Waals surface area contributed by atoms with E-state index in [0.717, 1.165) is 33.7 Å². The first-order chi connectivity index (χ1) is 15.2. The van der Waals surface area contributed by atoms with Gasteiger partial charge in [-0.2, -0.15) is 4.98 Å². The van der Waals surface area contributed by atoms with Crippen LogP contribution in [0.25, 0.3) is 10.9 Å². The van der Waals surface area contributed by atoms with Gasteiger partial charge in [0.05, 0.1) is 26.8 Å². The number of methoxy groups -OCH3 is 3. The molecule has 0 atom stereocenters. The van der Waals surface area contributed by atoms with E-state index in [9.17, 15) is 0 Å². The minimum Gasteiger partial charge on any atom is -0.497 e. The third kappa shape index (κ3) is 4.78. The number of nitrogens with zero attached hydrogens (tertiary/aromatic N) is 2. The fourth-order valence-corrected chi connectivity index (χ4v) is 3.21. The number of rotatable bonds is 8. The number of hydrogen-bond acceptors (Lipinski definition) is 7. The maximum absolute atomic E-state index is 5.35. The zero-order valence-corrected chi connectivity index (χ0v) is 17.7. The molecule has 0 unspecified atom stereocenters. The van der Waals surface area contributed by atoms with Gasteiger partial charge in [0.1, 0.15) is 23.1 Å². The summed E-state index contributed by atoms with van der Waals surface area (Å²) in [7, 11) is 4.89. The van der Waals surface area contributed by atoms with Crippen LogP contribution in [0.1, 0.15) is 5.56 Å². The molecule has 4 rings (SSSR count). The largest absolute Gasteiger partial charge is 0.497 e. The Hall–Kier alpha value is -4.00. The molecule has 4 aromatic rings. The third-order valence-corrected chi connectivity index (χ3v) is 4.83. The average Bonchev–Trinajstić information content (AvgIpc) is 2.82. The van der Waals surface area contributed by atoms with Crippen molar-refractivity contribution in [2.24, 2.45) is 0 Å². The smallest absolute Gasteiger partial charge is 0.229 e. The second-order valence-electron chi connectivity index (χ2n) is 6.84. The van der Waals surface area contributed by atoms with Crippen LogP contribution in [0.3, 0.4) is 0 Å². The highest BCUT2D eigenvalue weighted by Crippen LogP contribution is 2.29. The summed E-state index contributed by atoms with van der Waals surface area (Å²) in [6.45, 7) is 0.622. The molecule has 1 heterocycles. The first-order valence-electron chi connectivity index (χ1n) is 9.82. The van der Waals surface area contributed by atoms with E-state index in [1.165, 1.54) is 0 Å². The van der Waals surface area contributed by atoms with Crippen LogP contribution in [0.2, 0.25) is 0 Å². The van der Waals surface area contributed by atoms with Gasteiger partial charge in [-0.1, -0.05) is 24.3 Å². The number of anilines is 3. The van der Waals surface area contributed by atoms with E-state index in [-0.39, 0.29) is 0 Å². The molecule has 2 N–H and O–H groups in total. The Bertz CT molecular complexity index is 1160. The van der Waals surface area contributed by atoms with Crippen molar-refractivity contribution in [2.45, 2.75) is 6.54 Å². The predicted octanol–water partition coefficient (Wildman–Crippen LogP) is 5.01.